The highest BCUT2D eigenvalue weighted by atomic mass is 79.9. The quantitative estimate of drug-likeness (QED) is 0.836. The summed E-state index contributed by atoms with van der Waals surface area (Å²) < 4.78 is 5.99. The maximum atomic E-state index is 12.3. The monoisotopic (exact) mass is 297 g/mol. The molecule has 4 heteroatoms. The van der Waals surface area contributed by atoms with E-state index in [1.165, 1.54) is 0 Å². The average Bonchev–Trinajstić information content (AvgIpc) is 3.14. The molecule has 92 valence electrons. The van der Waals surface area contributed by atoms with Crippen LogP contribution in [0.1, 0.15) is 23.2 Å². The van der Waals surface area contributed by atoms with Crippen LogP contribution >= 0.6 is 15.9 Å². The van der Waals surface area contributed by atoms with Crippen molar-refractivity contribution in [2.45, 2.75) is 18.9 Å². The summed E-state index contributed by atoms with van der Waals surface area (Å²) >= 11 is 3.39. The fraction of sp³-hybridized carbons (Fsp3) is 0.462. The lowest BCUT2D eigenvalue weighted by Crippen LogP contribution is -2.35. The molecule has 17 heavy (non-hydrogen) atoms. The number of benzene rings is 1. The van der Waals surface area contributed by atoms with Crippen molar-refractivity contribution in [3.63, 3.8) is 0 Å². The van der Waals surface area contributed by atoms with Crippen molar-refractivity contribution in [2.24, 2.45) is 0 Å². The molecular formula is C13H16BrNO2. The fourth-order valence-corrected chi connectivity index (χ4v) is 2.21. The van der Waals surface area contributed by atoms with Gasteiger partial charge in [0.25, 0.3) is 5.91 Å². The van der Waals surface area contributed by atoms with Crippen LogP contribution in [0.3, 0.4) is 0 Å². The summed E-state index contributed by atoms with van der Waals surface area (Å²) in [5, 5.41) is 0. The number of rotatable bonds is 5. The predicted octanol–water partition coefficient (Wildman–Crippen LogP) is 2.70. The Kier molecular flexibility index (Phi) is 4.18. The van der Waals surface area contributed by atoms with Gasteiger partial charge in [0.2, 0.25) is 0 Å². The summed E-state index contributed by atoms with van der Waals surface area (Å²) in [6.45, 7) is 1.27. The van der Waals surface area contributed by atoms with E-state index in [0.29, 0.717) is 19.2 Å². The van der Waals surface area contributed by atoms with Crippen molar-refractivity contribution in [3.8, 4) is 0 Å². The highest BCUT2D eigenvalue weighted by Crippen LogP contribution is 2.28. The highest BCUT2D eigenvalue weighted by Gasteiger charge is 2.32. The summed E-state index contributed by atoms with van der Waals surface area (Å²) in [7, 11) is 1.66. The van der Waals surface area contributed by atoms with Gasteiger partial charge in [-0.15, -0.1) is 0 Å². The van der Waals surface area contributed by atoms with Crippen LogP contribution in [0.15, 0.2) is 28.7 Å². The number of carbonyl (C=O) groups is 1. The zero-order valence-corrected chi connectivity index (χ0v) is 11.4. The maximum Gasteiger partial charge on any atom is 0.254 e. The molecule has 0 radical (unpaired) electrons. The SMILES string of the molecule is COCCN(C(=O)c1cccc(Br)c1)C1CC1. The zero-order valence-electron chi connectivity index (χ0n) is 9.86. The van der Waals surface area contributed by atoms with E-state index < -0.39 is 0 Å². The number of amides is 1. The maximum absolute atomic E-state index is 12.3. The van der Waals surface area contributed by atoms with Crippen LogP contribution in [0.25, 0.3) is 0 Å². The minimum Gasteiger partial charge on any atom is -0.383 e. The molecule has 1 aliphatic carbocycles. The Labute approximate surface area is 110 Å². The fourth-order valence-electron chi connectivity index (χ4n) is 1.81. The lowest BCUT2D eigenvalue weighted by molar-refractivity contribution is 0.0680. The first kappa shape index (κ1) is 12.6. The van der Waals surface area contributed by atoms with Crippen molar-refractivity contribution >= 4 is 21.8 Å². The van der Waals surface area contributed by atoms with Gasteiger partial charge < -0.3 is 9.64 Å². The smallest absolute Gasteiger partial charge is 0.254 e. The Balaban J connectivity index is 2.10. The Morgan fingerprint density at radius 1 is 1.53 bits per heavy atom. The Morgan fingerprint density at radius 2 is 2.29 bits per heavy atom. The number of nitrogens with zero attached hydrogens (tertiary/aromatic N) is 1. The lowest BCUT2D eigenvalue weighted by atomic mass is 10.2. The number of ether oxygens (including phenoxy) is 1. The van der Waals surface area contributed by atoms with Crippen molar-refractivity contribution in [1.29, 1.82) is 0 Å². The molecular weight excluding hydrogens is 282 g/mol. The first-order valence-corrected chi connectivity index (χ1v) is 6.57. The van der Waals surface area contributed by atoms with E-state index in [4.69, 9.17) is 4.74 Å². The molecule has 0 N–H and O–H groups in total. The summed E-state index contributed by atoms with van der Waals surface area (Å²) in [6.07, 6.45) is 2.23. The number of carbonyl (C=O) groups excluding carboxylic acids is 1. The molecule has 0 spiro atoms. The van der Waals surface area contributed by atoms with E-state index in [2.05, 4.69) is 15.9 Å². The van der Waals surface area contributed by atoms with Gasteiger partial charge in [0, 0.05) is 29.7 Å². The molecule has 0 bridgehead atoms. The average molecular weight is 298 g/mol. The number of hydrogen-bond acceptors (Lipinski definition) is 2. The van der Waals surface area contributed by atoms with E-state index in [1.807, 2.05) is 29.2 Å². The minimum absolute atomic E-state index is 0.103. The molecule has 2 rings (SSSR count). The van der Waals surface area contributed by atoms with Crippen LogP contribution in [-0.2, 0) is 4.74 Å². The van der Waals surface area contributed by atoms with Crippen LogP contribution in [0.4, 0.5) is 0 Å². The molecule has 1 aromatic rings. The van der Waals surface area contributed by atoms with Gasteiger partial charge >= 0.3 is 0 Å². The summed E-state index contributed by atoms with van der Waals surface area (Å²) in [5.74, 6) is 0.103. The standard InChI is InChI=1S/C13H16BrNO2/c1-17-8-7-15(12-5-6-12)13(16)10-3-2-4-11(14)9-10/h2-4,9,12H,5-8H2,1H3. The molecule has 3 nitrogen and oxygen atoms in total. The van der Waals surface area contributed by atoms with Crippen LogP contribution in [0.5, 0.6) is 0 Å². The third kappa shape index (κ3) is 3.30. The third-order valence-corrected chi connectivity index (χ3v) is 3.35. The zero-order chi connectivity index (χ0) is 12.3. The predicted molar refractivity (Wildman–Crippen MR) is 70.1 cm³/mol. The molecule has 1 amide bonds. The minimum atomic E-state index is 0.103. The second kappa shape index (κ2) is 5.65. The van der Waals surface area contributed by atoms with Crippen molar-refractivity contribution in [1.82, 2.24) is 4.90 Å². The van der Waals surface area contributed by atoms with Gasteiger partial charge in [-0.3, -0.25) is 4.79 Å². The Hall–Kier alpha value is -0.870. The highest BCUT2D eigenvalue weighted by molar-refractivity contribution is 9.10. The molecule has 1 aliphatic rings. The molecule has 0 saturated heterocycles. The number of hydrogen-bond donors (Lipinski definition) is 0. The molecule has 1 saturated carbocycles. The second-order valence-corrected chi connectivity index (χ2v) is 5.15. The molecule has 0 heterocycles. The molecule has 1 aromatic carbocycles. The van der Waals surface area contributed by atoms with Crippen LogP contribution < -0.4 is 0 Å². The second-order valence-electron chi connectivity index (χ2n) is 4.23. The van der Waals surface area contributed by atoms with E-state index in [-0.39, 0.29) is 5.91 Å². The summed E-state index contributed by atoms with van der Waals surface area (Å²) in [5.41, 5.74) is 0.738. The van der Waals surface area contributed by atoms with Gasteiger partial charge in [0.05, 0.1) is 6.61 Å². The lowest BCUT2D eigenvalue weighted by Gasteiger charge is -2.22. The van der Waals surface area contributed by atoms with Crippen LogP contribution in [-0.4, -0.2) is 37.1 Å². The van der Waals surface area contributed by atoms with Gasteiger partial charge in [-0.25, -0.2) is 0 Å². The van der Waals surface area contributed by atoms with Crippen LogP contribution in [0, 0.1) is 0 Å². The Morgan fingerprint density at radius 3 is 2.88 bits per heavy atom. The van der Waals surface area contributed by atoms with Crippen molar-refractivity contribution in [3.05, 3.63) is 34.3 Å². The third-order valence-electron chi connectivity index (χ3n) is 2.86. The van der Waals surface area contributed by atoms with Crippen molar-refractivity contribution < 1.29 is 9.53 Å². The largest absolute Gasteiger partial charge is 0.383 e. The van der Waals surface area contributed by atoms with Crippen LogP contribution in [0.2, 0.25) is 0 Å². The molecule has 0 unspecified atom stereocenters. The Bertz CT molecular complexity index is 404. The van der Waals surface area contributed by atoms with Gasteiger partial charge in [0.1, 0.15) is 0 Å². The summed E-state index contributed by atoms with van der Waals surface area (Å²) in [6, 6.07) is 7.95. The molecule has 1 fully saturated rings. The number of methoxy groups -OCH3 is 1. The first-order chi connectivity index (χ1) is 8.22. The van der Waals surface area contributed by atoms with E-state index in [0.717, 1.165) is 22.9 Å². The summed E-state index contributed by atoms with van der Waals surface area (Å²) in [4.78, 5) is 14.3. The number of halogens is 1. The molecule has 0 aliphatic heterocycles. The van der Waals surface area contributed by atoms with E-state index in [9.17, 15) is 4.79 Å². The van der Waals surface area contributed by atoms with E-state index >= 15 is 0 Å². The van der Waals surface area contributed by atoms with Crippen molar-refractivity contribution in [2.75, 3.05) is 20.3 Å². The first-order valence-electron chi connectivity index (χ1n) is 5.78. The normalized spacial score (nSPS) is 14.7. The van der Waals surface area contributed by atoms with Gasteiger partial charge in [0.15, 0.2) is 0 Å². The van der Waals surface area contributed by atoms with Gasteiger partial charge in [-0.05, 0) is 31.0 Å². The topological polar surface area (TPSA) is 29.5 Å². The van der Waals surface area contributed by atoms with Gasteiger partial charge in [-0.2, -0.15) is 0 Å². The molecule has 0 aromatic heterocycles. The molecule has 0 atom stereocenters. The van der Waals surface area contributed by atoms with Gasteiger partial charge in [-0.1, -0.05) is 22.0 Å². The van der Waals surface area contributed by atoms with E-state index in [1.54, 1.807) is 7.11 Å².